The fraction of sp³-hybridized carbons (Fsp3) is 0.190. The molecule has 4 aromatic rings. The van der Waals surface area contributed by atoms with Crippen molar-refractivity contribution in [1.29, 1.82) is 0 Å². The van der Waals surface area contributed by atoms with E-state index in [0.29, 0.717) is 40.5 Å². The molecule has 2 aromatic carbocycles. The number of para-hydroxylation sites is 1. The molecule has 6 nitrogen and oxygen atoms in total. The van der Waals surface area contributed by atoms with Gasteiger partial charge in [-0.3, -0.25) is 0 Å². The first-order valence-electron chi connectivity index (χ1n) is 8.88. The van der Waals surface area contributed by atoms with E-state index in [1.54, 1.807) is 11.8 Å². The molecule has 0 bridgehead atoms. The van der Waals surface area contributed by atoms with E-state index in [1.807, 2.05) is 60.9 Å². The summed E-state index contributed by atoms with van der Waals surface area (Å²) in [5.41, 5.74) is 2.60. The second-order valence-electron chi connectivity index (χ2n) is 6.34. The van der Waals surface area contributed by atoms with E-state index in [9.17, 15) is 9.90 Å². The number of aromatic nitrogens is 2. The minimum Gasteiger partial charge on any atom is -0.548 e. The number of hydrogen-bond acceptors (Lipinski definition) is 7. The first-order chi connectivity index (χ1) is 13.7. The average molecular weight is 392 g/mol. The molecule has 0 saturated heterocycles. The molecule has 1 N–H and O–H groups in total. The molecule has 142 valence electrons. The van der Waals surface area contributed by atoms with Gasteiger partial charge in [0.1, 0.15) is 11.1 Å². The smallest absolute Gasteiger partial charge is 0.196 e. The summed E-state index contributed by atoms with van der Waals surface area (Å²) in [5, 5.41) is 15.5. The molecule has 7 heteroatoms. The third-order valence-electron chi connectivity index (χ3n) is 4.46. The Morgan fingerprint density at radius 2 is 1.89 bits per heavy atom. The molecule has 0 aliphatic rings. The standard InChI is InChI=1S/C21H19N3O3S/c1-28-12-11-15(21(25)26)22-20-18-17(14-9-5-6-10-16(14)27-18)23-19(24-20)13-7-3-2-4-8-13/h2-10,15H,11-12H2,1H3,(H,25,26)(H,22,23,24)/p-1/t15-/m1/s1. The summed E-state index contributed by atoms with van der Waals surface area (Å²) < 4.78 is 5.95. The number of furan rings is 1. The lowest BCUT2D eigenvalue weighted by Crippen LogP contribution is -2.41. The van der Waals surface area contributed by atoms with Crippen molar-refractivity contribution >= 4 is 45.6 Å². The molecule has 1 atom stereocenters. The van der Waals surface area contributed by atoms with E-state index in [1.165, 1.54) is 0 Å². The Morgan fingerprint density at radius 1 is 1.14 bits per heavy atom. The summed E-state index contributed by atoms with van der Waals surface area (Å²) in [4.78, 5) is 20.9. The van der Waals surface area contributed by atoms with Crippen molar-refractivity contribution in [3.05, 3.63) is 54.6 Å². The monoisotopic (exact) mass is 392 g/mol. The van der Waals surface area contributed by atoms with Crippen LogP contribution in [0.25, 0.3) is 33.5 Å². The van der Waals surface area contributed by atoms with E-state index in [4.69, 9.17) is 9.40 Å². The predicted molar refractivity (Wildman–Crippen MR) is 110 cm³/mol. The van der Waals surface area contributed by atoms with Crippen LogP contribution in [0.15, 0.2) is 59.0 Å². The molecular formula is C21H18N3O3S-. The van der Waals surface area contributed by atoms with Crippen LogP contribution in [0.4, 0.5) is 5.82 Å². The Morgan fingerprint density at radius 3 is 2.64 bits per heavy atom. The van der Waals surface area contributed by atoms with Crippen LogP contribution in [-0.4, -0.2) is 34.0 Å². The zero-order valence-electron chi connectivity index (χ0n) is 15.2. The number of carboxylic acids is 1. The first kappa shape index (κ1) is 18.3. The van der Waals surface area contributed by atoms with Gasteiger partial charge >= 0.3 is 0 Å². The van der Waals surface area contributed by atoms with Crippen LogP contribution < -0.4 is 10.4 Å². The number of hydrogen-bond donors (Lipinski definition) is 1. The van der Waals surface area contributed by atoms with Gasteiger partial charge in [-0.2, -0.15) is 11.8 Å². The largest absolute Gasteiger partial charge is 0.548 e. The lowest BCUT2D eigenvalue weighted by atomic mass is 10.2. The topological polar surface area (TPSA) is 91.1 Å². The van der Waals surface area contributed by atoms with E-state index in [2.05, 4.69) is 10.3 Å². The number of carbonyl (C=O) groups is 1. The zero-order chi connectivity index (χ0) is 19.5. The van der Waals surface area contributed by atoms with Crippen molar-refractivity contribution in [3.63, 3.8) is 0 Å². The second-order valence-corrected chi connectivity index (χ2v) is 7.32. The van der Waals surface area contributed by atoms with Gasteiger partial charge in [-0.1, -0.05) is 42.5 Å². The molecule has 28 heavy (non-hydrogen) atoms. The number of thioether (sulfide) groups is 1. The predicted octanol–water partition coefficient (Wildman–Crippen LogP) is 3.33. The van der Waals surface area contributed by atoms with Crippen molar-refractivity contribution in [3.8, 4) is 11.4 Å². The Hall–Kier alpha value is -3.06. The maximum atomic E-state index is 11.6. The maximum absolute atomic E-state index is 11.6. The van der Waals surface area contributed by atoms with Gasteiger partial charge in [-0.05, 0) is 30.6 Å². The number of rotatable bonds is 7. The Bertz CT molecular complexity index is 1130. The summed E-state index contributed by atoms with van der Waals surface area (Å²) in [6.45, 7) is 0. The highest BCUT2D eigenvalue weighted by Crippen LogP contribution is 2.33. The Labute approximate surface area is 166 Å². The second kappa shape index (κ2) is 7.90. The van der Waals surface area contributed by atoms with Gasteiger partial charge in [0, 0.05) is 10.9 Å². The SMILES string of the molecule is CSCC[C@@H](Nc1nc(-c2ccccc2)nc2c1oc1ccccc12)C(=O)[O-]. The van der Waals surface area contributed by atoms with Crippen LogP contribution in [0.2, 0.25) is 0 Å². The number of nitrogens with one attached hydrogen (secondary N) is 1. The molecule has 0 radical (unpaired) electrons. The summed E-state index contributed by atoms with van der Waals surface area (Å²) >= 11 is 1.58. The van der Waals surface area contributed by atoms with Crippen molar-refractivity contribution in [2.24, 2.45) is 0 Å². The summed E-state index contributed by atoms with van der Waals surface area (Å²) in [6.07, 6.45) is 2.35. The number of carboxylic acid groups (broad SMARTS) is 1. The minimum atomic E-state index is -1.17. The number of anilines is 1. The van der Waals surface area contributed by atoms with Crippen LogP contribution in [0.3, 0.4) is 0 Å². The molecule has 0 saturated carbocycles. The van der Waals surface area contributed by atoms with E-state index in [0.717, 1.165) is 10.9 Å². The number of benzene rings is 2. The molecule has 0 fully saturated rings. The van der Waals surface area contributed by atoms with E-state index in [-0.39, 0.29) is 0 Å². The van der Waals surface area contributed by atoms with E-state index >= 15 is 0 Å². The molecule has 2 heterocycles. The van der Waals surface area contributed by atoms with Gasteiger partial charge in [0.05, 0.1) is 12.0 Å². The molecule has 4 rings (SSSR count). The van der Waals surface area contributed by atoms with Gasteiger partial charge in [-0.15, -0.1) is 0 Å². The van der Waals surface area contributed by atoms with Gasteiger partial charge < -0.3 is 19.6 Å². The van der Waals surface area contributed by atoms with Crippen molar-refractivity contribution in [2.75, 3.05) is 17.3 Å². The highest BCUT2D eigenvalue weighted by Gasteiger charge is 2.19. The summed E-state index contributed by atoms with van der Waals surface area (Å²) in [5.74, 6) is 0.378. The van der Waals surface area contributed by atoms with Crippen molar-refractivity contribution in [2.45, 2.75) is 12.5 Å². The molecule has 0 aliphatic carbocycles. The van der Waals surface area contributed by atoms with E-state index < -0.39 is 12.0 Å². The molecule has 2 aromatic heterocycles. The first-order valence-corrected chi connectivity index (χ1v) is 10.3. The summed E-state index contributed by atoms with van der Waals surface area (Å²) in [6, 6.07) is 16.3. The quantitative estimate of drug-likeness (QED) is 0.516. The Kier molecular flexibility index (Phi) is 5.16. The highest BCUT2D eigenvalue weighted by molar-refractivity contribution is 7.98. The molecule has 0 spiro atoms. The summed E-state index contributed by atoms with van der Waals surface area (Å²) in [7, 11) is 0. The number of nitrogens with zero attached hydrogens (tertiary/aromatic N) is 2. The van der Waals surface area contributed by atoms with Gasteiger partial charge in [0.25, 0.3) is 0 Å². The van der Waals surface area contributed by atoms with Crippen molar-refractivity contribution < 1.29 is 14.3 Å². The van der Waals surface area contributed by atoms with Gasteiger partial charge in [0.15, 0.2) is 17.2 Å². The Balaban J connectivity index is 1.88. The average Bonchev–Trinajstić information content (AvgIpc) is 3.10. The molecule has 0 amide bonds. The van der Waals surface area contributed by atoms with Crippen LogP contribution in [0, 0.1) is 0 Å². The minimum absolute atomic E-state index is 0.357. The van der Waals surface area contributed by atoms with Crippen LogP contribution >= 0.6 is 11.8 Å². The third kappa shape index (κ3) is 3.53. The lowest BCUT2D eigenvalue weighted by molar-refractivity contribution is -0.306. The maximum Gasteiger partial charge on any atom is 0.196 e. The number of carbonyl (C=O) groups excluding carboxylic acids is 1. The lowest BCUT2D eigenvalue weighted by Gasteiger charge is -2.20. The number of fused-ring (bicyclic) bond motifs is 3. The van der Waals surface area contributed by atoms with Crippen LogP contribution in [-0.2, 0) is 4.79 Å². The molecule has 0 aliphatic heterocycles. The molecular weight excluding hydrogens is 374 g/mol. The molecule has 0 unspecified atom stereocenters. The fourth-order valence-electron chi connectivity index (χ4n) is 3.05. The van der Waals surface area contributed by atoms with Crippen molar-refractivity contribution in [1.82, 2.24) is 9.97 Å². The number of aliphatic carboxylic acids is 1. The van der Waals surface area contributed by atoms with Gasteiger partial charge in [0.2, 0.25) is 0 Å². The third-order valence-corrected chi connectivity index (χ3v) is 5.10. The normalized spacial score (nSPS) is 12.3. The van der Waals surface area contributed by atoms with Gasteiger partial charge in [-0.25, -0.2) is 9.97 Å². The van der Waals surface area contributed by atoms with Crippen LogP contribution in [0.5, 0.6) is 0 Å². The fourth-order valence-corrected chi connectivity index (χ4v) is 3.53. The highest BCUT2D eigenvalue weighted by atomic mass is 32.2. The zero-order valence-corrected chi connectivity index (χ0v) is 16.0. The van der Waals surface area contributed by atoms with Crippen LogP contribution in [0.1, 0.15) is 6.42 Å².